The first-order valence-electron chi connectivity index (χ1n) is 7.55. The average Bonchev–Trinajstić information content (AvgIpc) is 2.89. The highest BCUT2D eigenvalue weighted by molar-refractivity contribution is 7.93. The van der Waals surface area contributed by atoms with Gasteiger partial charge in [-0.1, -0.05) is 29.3 Å². The average molecular weight is 365 g/mol. The van der Waals surface area contributed by atoms with Crippen LogP contribution in [0, 0.1) is 6.92 Å². The van der Waals surface area contributed by atoms with E-state index in [9.17, 15) is 13.2 Å². The van der Waals surface area contributed by atoms with Crippen LogP contribution in [0.2, 0.25) is 5.02 Å². The van der Waals surface area contributed by atoms with E-state index in [1.54, 1.807) is 36.4 Å². The summed E-state index contributed by atoms with van der Waals surface area (Å²) in [5, 5.41) is 3.11. The van der Waals surface area contributed by atoms with Crippen molar-refractivity contribution in [3.05, 3.63) is 58.6 Å². The maximum atomic E-state index is 12.4. The van der Waals surface area contributed by atoms with Gasteiger partial charge in [-0.25, -0.2) is 8.42 Å². The van der Waals surface area contributed by atoms with Gasteiger partial charge in [0.05, 0.1) is 22.2 Å². The summed E-state index contributed by atoms with van der Waals surface area (Å²) in [6.07, 6.45) is 0.593. The van der Waals surface area contributed by atoms with Gasteiger partial charge in [0.25, 0.3) is 5.91 Å². The third-order valence-electron chi connectivity index (χ3n) is 3.87. The fraction of sp³-hybridized carbons (Fsp3) is 0.235. The van der Waals surface area contributed by atoms with E-state index in [0.29, 0.717) is 34.9 Å². The van der Waals surface area contributed by atoms with E-state index in [2.05, 4.69) is 5.32 Å². The van der Waals surface area contributed by atoms with Crippen LogP contribution in [0.5, 0.6) is 0 Å². The topological polar surface area (TPSA) is 66.5 Å². The van der Waals surface area contributed by atoms with Gasteiger partial charge in [-0.05, 0) is 43.7 Å². The van der Waals surface area contributed by atoms with Gasteiger partial charge in [-0.2, -0.15) is 0 Å². The molecule has 0 atom stereocenters. The van der Waals surface area contributed by atoms with Crippen molar-refractivity contribution < 1.29 is 13.2 Å². The Morgan fingerprint density at radius 1 is 1.21 bits per heavy atom. The molecule has 2 aromatic carbocycles. The molecule has 0 aromatic heterocycles. The lowest BCUT2D eigenvalue weighted by molar-refractivity contribution is 0.102. The monoisotopic (exact) mass is 364 g/mol. The SMILES string of the molecule is Cc1cccc(C(=O)Nc2cc(N3CCCS3(=O)=O)ccc2Cl)c1. The number of hydrogen-bond donors (Lipinski definition) is 1. The minimum Gasteiger partial charge on any atom is -0.321 e. The number of amides is 1. The van der Waals surface area contributed by atoms with E-state index in [4.69, 9.17) is 11.6 Å². The van der Waals surface area contributed by atoms with Crippen LogP contribution in [-0.4, -0.2) is 26.6 Å². The second kappa shape index (κ2) is 6.45. The van der Waals surface area contributed by atoms with E-state index in [0.717, 1.165) is 5.56 Å². The molecule has 1 N–H and O–H groups in total. The molecule has 1 aliphatic heterocycles. The standard InChI is InChI=1S/C17H17ClN2O3S/c1-12-4-2-5-13(10-12)17(21)19-16-11-14(6-7-15(16)18)20-8-3-9-24(20,22)23/h2,4-7,10-11H,3,8-9H2,1H3,(H,19,21). The van der Waals surface area contributed by atoms with Crippen molar-refractivity contribution in [2.75, 3.05) is 21.9 Å². The van der Waals surface area contributed by atoms with Gasteiger partial charge >= 0.3 is 0 Å². The summed E-state index contributed by atoms with van der Waals surface area (Å²) in [7, 11) is -3.28. The van der Waals surface area contributed by atoms with Crippen molar-refractivity contribution in [3.8, 4) is 0 Å². The Morgan fingerprint density at radius 3 is 2.67 bits per heavy atom. The maximum absolute atomic E-state index is 12.4. The fourth-order valence-corrected chi connectivity index (χ4v) is 4.40. The van der Waals surface area contributed by atoms with Gasteiger partial charge in [0, 0.05) is 12.1 Å². The first-order valence-corrected chi connectivity index (χ1v) is 9.53. The molecule has 1 fully saturated rings. The molecule has 1 heterocycles. The van der Waals surface area contributed by atoms with Crippen LogP contribution in [0.1, 0.15) is 22.3 Å². The Balaban J connectivity index is 1.88. The Labute approximate surface area is 146 Å². The maximum Gasteiger partial charge on any atom is 0.255 e. The van der Waals surface area contributed by atoms with E-state index in [-0.39, 0.29) is 11.7 Å². The molecule has 0 aliphatic carbocycles. The van der Waals surface area contributed by atoms with E-state index in [1.165, 1.54) is 4.31 Å². The normalized spacial score (nSPS) is 16.2. The zero-order valence-corrected chi connectivity index (χ0v) is 14.7. The lowest BCUT2D eigenvalue weighted by atomic mass is 10.1. The van der Waals surface area contributed by atoms with Crippen LogP contribution < -0.4 is 9.62 Å². The molecular weight excluding hydrogens is 348 g/mol. The molecule has 1 aliphatic rings. The zero-order chi connectivity index (χ0) is 17.3. The summed E-state index contributed by atoms with van der Waals surface area (Å²) in [6.45, 7) is 2.35. The van der Waals surface area contributed by atoms with Crippen LogP contribution >= 0.6 is 11.6 Å². The van der Waals surface area contributed by atoms with Crippen LogP contribution in [-0.2, 0) is 10.0 Å². The number of sulfonamides is 1. The van der Waals surface area contributed by atoms with Crippen LogP contribution in [0.3, 0.4) is 0 Å². The molecule has 0 bridgehead atoms. The summed E-state index contributed by atoms with van der Waals surface area (Å²) in [5.41, 5.74) is 2.40. The summed E-state index contributed by atoms with van der Waals surface area (Å²) < 4.78 is 25.4. The quantitative estimate of drug-likeness (QED) is 0.907. The van der Waals surface area contributed by atoms with Crippen molar-refractivity contribution >= 4 is 38.9 Å². The minimum atomic E-state index is -3.28. The van der Waals surface area contributed by atoms with Gasteiger partial charge in [0.2, 0.25) is 10.0 Å². The molecule has 0 unspecified atom stereocenters. The number of nitrogens with zero attached hydrogens (tertiary/aromatic N) is 1. The van der Waals surface area contributed by atoms with Crippen LogP contribution in [0.25, 0.3) is 0 Å². The molecular formula is C17H17ClN2O3S. The van der Waals surface area contributed by atoms with E-state index < -0.39 is 10.0 Å². The molecule has 3 rings (SSSR count). The molecule has 0 spiro atoms. The third-order valence-corrected chi connectivity index (χ3v) is 6.06. The van der Waals surface area contributed by atoms with Crippen LogP contribution in [0.4, 0.5) is 11.4 Å². The van der Waals surface area contributed by atoms with E-state index >= 15 is 0 Å². The summed E-state index contributed by atoms with van der Waals surface area (Å²) >= 11 is 6.15. The van der Waals surface area contributed by atoms with Gasteiger partial charge < -0.3 is 5.32 Å². The summed E-state index contributed by atoms with van der Waals surface area (Å²) in [4.78, 5) is 12.4. The first-order chi connectivity index (χ1) is 11.4. The van der Waals surface area contributed by atoms with E-state index in [1.807, 2.05) is 13.0 Å². The largest absolute Gasteiger partial charge is 0.321 e. The lowest BCUT2D eigenvalue weighted by Crippen LogP contribution is -2.25. The number of carbonyl (C=O) groups excluding carboxylic acids is 1. The fourth-order valence-electron chi connectivity index (χ4n) is 2.67. The number of aryl methyl sites for hydroxylation is 1. The van der Waals surface area contributed by atoms with Gasteiger partial charge in [0.15, 0.2) is 0 Å². The number of nitrogens with one attached hydrogen (secondary N) is 1. The first kappa shape index (κ1) is 16.8. The highest BCUT2D eigenvalue weighted by Gasteiger charge is 2.28. The Bertz CT molecular complexity index is 896. The van der Waals surface area contributed by atoms with Crippen molar-refractivity contribution in [3.63, 3.8) is 0 Å². The number of benzene rings is 2. The molecule has 24 heavy (non-hydrogen) atoms. The number of halogens is 1. The van der Waals surface area contributed by atoms with Crippen molar-refractivity contribution in [1.29, 1.82) is 0 Å². The second-order valence-electron chi connectivity index (χ2n) is 5.73. The van der Waals surface area contributed by atoms with Gasteiger partial charge in [-0.15, -0.1) is 0 Å². The van der Waals surface area contributed by atoms with Crippen molar-refractivity contribution in [2.24, 2.45) is 0 Å². The molecule has 5 nitrogen and oxygen atoms in total. The van der Waals surface area contributed by atoms with Gasteiger partial charge in [-0.3, -0.25) is 9.10 Å². The minimum absolute atomic E-state index is 0.139. The van der Waals surface area contributed by atoms with Crippen molar-refractivity contribution in [1.82, 2.24) is 0 Å². The molecule has 1 amide bonds. The third kappa shape index (κ3) is 3.39. The summed E-state index contributed by atoms with van der Waals surface area (Å²) in [6, 6.07) is 12.0. The van der Waals surface area contributed by atoms with Crippen molar-refractivity contribution in [2.45, 2.75) is 13.3 Å². The predicted molar refractivity (Wildman–Crippen MR) is 96.3 cm³/mol. The Morgan fingerprint density at radius 2 is 2.00 bits per heavy atom. The Hall–Kier alpha value is -2.05. The molecule has 126 valence electrons. The second-order valence-corrected chi connectivity index (χ2v) is 8.15. The summed E-state index contributed by atoms with van der Waals surface area (Å²) in [5.74, 6) is -0.150. The van der Waals surface area contributed by atoms with Gasteiger partial charge in [0.1, 0.15) is 0 Å². The number of anilines is 2. The predicted octanol–water partition coefficient (Wildman–Crippen LogP) is 3.44. The zero-order valence-electron chi connectivity index (χ0n) is 13.1. The number of rotatable bonds is 3. The van der Waals surface area contributed by atoms with Crippen LogP contribution in [0.15, 0.2) is 42.5 Å². The smallest absolute Gasteiger partial charge is 0.255 e. The molecule has 0 radical (unpaired) electrons. The highest BCUT2D eigenvalue weighted by atomic mass is 35.5. The molecule has 7 heteroatoms. The highest BCUT2D eigenvalue weighted by Crippen LogP contribution is 2.31. The molecule has 1 saturated heterocycles. The number of carbonyl (C=O) groups is 1. The Kier molecular flexibility index (Phi) is 4.51. The lowest BCUT2D eigenvalue weighted by Gasteiger charge is -2.18. The molecule has 2 aromatic rings. The molecule has 0 saturated carbocycles. The number of hydrogen-bond acceptors (Lipinski definition) is 3.